The number of hydrogen-bond donors (Lipinski definition) is 0. The molecule has 0 amide bonds. The zero-order chi connectivity index (χ0) is 23.8. The van der Waals surface area contributed by atoms with Gasteiger partial charge in [-0.2, -0.15) is 0 Å². The SMILES string of the molecule is Cn1cnc2cc(-n3c4ccccc4c4ccc5c6ccccc6n(-c6ccccc6)c5c43)ccc21. The van der Waals surface area contributed by atoms with Gasteiger partial charge in [-0.25, -0.2) is 4.98 Å². The number of fused-ring (bicyclic) bond motifs is 8. The number of benzene rings is 5. The van der Waals surface area contributed by atoms with Crippen molar-refractivity contribution >= 4 is 54.6 Å². The summed E-state index contributed by atoms with van der Waals surface area (Å²) in [6, 6.07) is 39.3. The average Bonchev–Trinajstić information content (AvgIpc) is 3.58. The fraction of sp³-hybridized carbons (Fsp3) is 0.0312. The van der Waals surface area contributed by atoms with Crippen LogP contribution in [-0.4, -0.2) is 18.7 Å². The van der Waals surface area contributed by atoms with Crippen molar-refractivity contribution in [2.45, 2.75) is 0 Å². The van der Waals surface area contributed by atoms with Gasteiger partial charge in [0, 0.05) is 40.0 Å². The average molecular weight is 463 g/mol. The number of para-hydroxylation sites is 3. The number of nitrogens with zero attached hydrogens (tertiary/aromatic N) is 4. The van der Waals surface area contributed by atoms with Gasteiger partial charge in [0.25, 0.3) is 0 Å². The van der Waals surface area contributed by atoms with E-state index in [0.29, 0.717) is 0 Å². The van der Waals surface area contributed by atoms with Crippen LogP contribution in [0.5, 0.6) is 0 Å². The van der Waals surface area contributed by atoms with E-state index in [0.717, 1.165) is 22.4 Å². The molecule has 0 aliphatic heterocycles. The minimum Gasteiger partial charge on any atom is -0.334 e. The highest BCUT2D eigenvalue weighted by atomic mass is 15.1. The third kappa shape index (κ3) is 2.50. The smallest absolute Gasteiger partial charge is 0.0955 e. The van der Waals surface area contributed by atoms with Gasteiger partial charge in [-0.05, 0) is 42.5 Å². The van der Waals surface area contributed by atoms with Gasteiger partial charge in [0.15, 0.2) is 0 Å². The Balaban J connectivity index is 1.63. The van der Waals surface area contributed by atoms with E-state index in [1.807, 2.05) is 13.4 Å². The molecule has 5 aromatic carbocycles. The fourth-order valence-electron chi connectivity index (χ4n) is 5.88. The molecule has 170 valence electrons. The van der Waals surface area contributed by atoms with Gasteiger partial charge >= 0.3 is 0 Å². The largest absolute Gasteiger partial charge is 0.334 e. The number of imidazole rings is 1. The molecule has 0 N–H and O–H groups in total. The van der Waals surface area contributed by atoms with E-state index in [-0.39, 0.29) is 0 Å². The Hall–Kier alpha value is -4.83. The van der Waals surface area contributed by atoms with Crippen molar-refractivity contribution in [2.75, 3.05) is 0 Å². The summed E-state index contributed by atoms with van der Waals surface area (Å²) >= 11 is 0. The fourth-order valence-corrected chi connectivity index (χ4v) is 5.88. The number of aromatic nitrogens is 4. The first-order valence-corrected chi connectivity index (χ1v) is 12.2. The van der Waals surface area contributed by atoms with Gasteiger partial charge in [0.2, 0.25) is 0 Å². The second-order valence-electron chi connectivity index (χ2n) is 9.43. The minimum absolute atomic E-state index is 0.997. The molecule has 0 aliphatic rings. The zero-order valence-electron chi connectivity index (χ0n) is 19.8. The molecule has 0 spiro atoms. The van der Waals surface area contributed by atoms with Crippen molar-refractivity contribution in [1.82, 2.24) is 18.7 Å². The van der Waals surface area contributed by atoms with Gasteiger partial charge in [-0.15, -0.1) is 0 Å². The standard InChI is InChI=1S/C32H22N4/c1-34-20-33-27-19-22(15-18-30(27)34)36-29-14-8-6-12-24(29)26-17-16-25-23-11-5-7-13-28(23)35(31(25)32(26)36)21-9-3-2-4-10-21/h2-20H,1H3. The summed E-state index contributed by atoms with van der Waals surface area (Å²) in [5.41, 5.74) is 9.24. The van der Waals surface area contributed by atoms with Crippen LogP contribution in [0.2, 0.25) is 0 Å². The van der Waals surface area contributed by atoms with E-state index in [9.17, 15) is 0 Å². The van der Waals surface area contributed by atoms with Crippen LogP contribution in [-0.2, 0) is 7.05 Å². The summed E-state index contributed by atoms with van der Waals surface area (Å²) in [7, 11) is 2.04. The van der Waals surface area contributed by atoms with E-state index in [4.69, 9.17) is 0 Å². The van der Waals surface area contributed by atoms with E-state index in [1.165, 1.54) is 43.6 Å². The topological polar surface area (TPSA) is 27.7 Å². The van der Waals surface area contributed by atoms with Crippen LogP contribution < -0.4 is 0 Å². The van der Waals surface area contributed by atoms with E-state index in [2.05, 4.69) is 128 Å². The Morgan fingerprint density at radius 3 is 1.75 bits per heavy atom. The van der Waals surface area contributed by atoms with Crippen LogP contribution in [0.1, 0.15) is 0 Å². The molecule has 8 rings (SSSR count). The highest BCUT2D eigenvalue weighted by Crippen LogP contribution is 2.41. The number of rotatable bonds is 2. The highest BCUT2D eigenvalue weighted by Gasteiger charge is 2.21. The van der Waals surface area contributed by atoms with E-state index in [1.54, 1.807) is 0 Å². The van der Waals surface area contributed by atoms with Gasteiger partial charge in [-0.3, -0.25) is 0 Å². The Morgan fingerprint density at radius 2 is 1.08 bits per heavy atom. The summed E-state index contributed by atoms with van der Waals surface area (Å²) in [5, 5.41) is 5.01. The summed E-state index contributed by atoms with van der Waals surface area (Å²) in [5.74, 6) is 0. The predicted octanol–water partition coefficient (Wildman–Crippen LogP) is 7.77. The first kappa shape index (κ1) is 19.5. The predicted molar refractivity (Wildman–Crippen MR) is 149 cm³/mol. The normalized spacial score (nSPS) is 12.0. The Bertz CT molecular complexity index is 2110. The molecule has 0 bridgehead atoms. The second kappa shape index (κ2) is 7.09. The minimum atomic E-state index is 0.997. The van der Waals surface area contributed by atoms with Gasteiger partial charge < -0.3 is 13.7 Å². The van der Waals surface area contributed by atoms with Crippen LogP contribution in [0.25, 0.3) is 66.0 Å². The summed E-state index contributed by atoms with van der Waals surface area (Å²) in [6.07, 6.45) is 1.88. The maximum absolute atomic E-state index is 4.66. The molecule has 0 saturated carbocycles. The Morgan fingerprint density at radius 1 is 0.500 bits per heavy atom. The third-order valence-electron chi connectivity index (χ3n) is 7.45. The first-order chi connectivity index (χ1) is 17.8. The molecule has 0 saturated heterocycles. The second-order valence-corrected chi connectivity index (χ2v) is 9.43. The quantitative estimate of drug-likeness (QED) is 0.258. The Kier molecular flexibility index (Phi) is 3.84. The van der Waals surface area contributed by atoms with Crippen molar-refractivity contribution in [2.24, 2.45) is 7.05 Å². The highest BCUT2D eigenvalue weighted by molar-refractivity contribution is 6.23. The molecule has 36 heavy (non-hydrogen) atoms. The van der Waals surface area contributed by atoms with Crippen molar-refractivity contribution in [1.29, 1.82) is 0 Å². The summed E-state index contributed by atoms with van der Waals surface area (Å²) in [4.78, 5) is 4.66. The molecular weight excluding hydrogens is 440 g/mol. The lowest BCUT2D eigenvalue weighted by Gasteiger charge is -2.12. The molecule has 3 heterocycles. The summed E-state index contributed by atoms with van der Waals surface area (Å²) < 4.78 is 6.90. The van der Waals surface area contributed by atoms with Gasteiger partial charge in [0.1, 0.15) is 0 Å². The van der Waals surface area contributed by atoms with Crippen LogP contribution in [0.15, 0.2) is 116 Å². The molecule has 4 heteroatoms. The number of hydrogen-bond acceptors (Lipinski definition) is 1. The Labute approximate surface area is 207 Å². The van der Waals surface area contributed by atoms with E-state index >= 15 is 0 Å². The molecule has 0 radical (unpaired) electrons. The molecular formula is C32H22N4. The lowest BCUT2D eigenvalue weighted by molar-refractivity contribution is 0.947. The van der Waals surface area contributed by atoms with Crippen molar-refractivity contribution < 1.29 is 0 Å². The third-order valence-corrected chi connectivity index (χ3v) is 7.45. The van der Waals surface area contributed by atoms with Crippen LogP contribution >= 0.6 is 0 Å². The van der Waals surface area contributed by atoms with Crippen LogP contribution in [0.3, 0.4) is 0 Å². The van der Waals surface area contributed by atoms with Gasteiger partial charge in [-0.1, -0.05) is 66.7 Å². The lowest BCUT2D eigenvalue weighted by atomic mass is 10.1. The summed E-state index contributed by atoms with van der Waals surface area (Å²) in [6.45, 7) is 0. The molecule has 3 aromatic heterocycles. The zero-order valence-corrected chi connectivity index (χ0v) is 19.8. The number of aryl methyl sites for hydroxylation is 1. The van der Waals surface area contributed by atoms with Gasteiger partial charge in [0.05, 0.1) is 39.4 Å². The molecule has 4 nitrogen and oxygen atoms in total. The van der Waals surface area contributed by atoms with E-state index < -0.39 is 0 Å². The van der Waals surface area contributed by atoms with Crippen LogP contribution in [0, 0.1) is 0 Å². The molecule has 0 fully saturated rings. The van der Waals surface area contributed by atoms with Crippen LogP contribution in [0.4, 0.5) is 0 Å². The monoisotopic (exact) mass is 462 g/mol. The lowest BCUT2D eigenvalue weighted by Crippen LogP contribution is -1.98. The maximum atomic E-state index is 4.66. The van der Waals surface area contributed by atoms with Crippen molar-refractivity contribution in [3.8, 4) is 11.4 Å². The van der Waals surface area contributed by atoms with Crippen molar-refractivity contribution in [3.05, 3.63) is 116 Å². The molecule has 0 unspecified atom stereocenters. The maximum Gasteiger partial charge on any atom is 0.0955 e. The van der Waals surface area contributed by atoms with Crippen molar-refractivity contribution in [3.63, 3.8) is 0 Å². The first-order valence-electron chi connectivity index (χ1n) is 12.2. The molecule has 8 aromatic rings. The molecule has 0 atom stereocenters. The molecule has 0 aliphatic carbocycles.